The van der Waals surface area contributed by atoms with Crippen molar-refractivity contribution in [3.8, 4) is 16.9 Å². The number of rotatable bonds is 1. The van der Waals surface area contributed by atoms with Crippen LogP contribution in [0.4, 0.5) is 0 Å². The summed E-state index contributed by atoms with van der Waals surface area (Å²) in [5, 5.41) is 20.9. The van der Waals surface area contributed by atoms with Gasteiger partial charge in [0.15, 0.2) is 5.65 Å². The number of phenols is 1. The number of aromatic hydroxyl groups is 1. The van der Waals surface area contributed by atoms with Crippen LogP contribution in [0, 0.1) is 0 Å². The van der Waals surface area contributed by atoms with E-state index in [1.54, 1.807) is 22.8 Å². The van der Waals surface area contributed by atoms with Crippen LogP contribution in [0.15, 0.2) is 42.6 Å². The van der Waals surface area contributed by atoms with Crippen molar-refractivity contribution >= 4 is 30.5 Å². The van der Waals surface area contributed by atoms with Crippen LogP contribution in [0.2, 0.25) is 0 Å². The molecule has 0 spiro atoms. The fourth-order valence-corrected chi connectivity index (χ4v) is 1.63. The predicted molar refractivity (Wildman–Crippen MR) is 72.4 cm³/mol. The standard InChI is InChI=1S/C11H8N4O.2ClH/c16-10-4-2-1-3-9(10)8-5-6-15-11(7-8)12-13-14-15;;/h1-7,16H;2*1H. The summed E-state index contributed by atoms with van der Waals surface area (Å²) in [6, 6.07) is 10.9. The minimum absolute atomic E-state index is 0. The van der Waals surface area contributed by atoms with E-state index in [9.17, 15) is 5.11 Å². The monoisotopic (exact) mass is 284 g/mol. The molecule has 0 atom stereocenters. The second-order valence-electron chi connectivity index (χ2n) is 3.41. The summed E-state index contributed by atoms with van der Waals surface area (Å²) in [5.41, 5.74) is 2.31. The average Bonchev–Trinajstić information content (AvgIpc) is 2.76. The molecule has 3 aromatic rings. The van der Waals surface area contributed by atoms with Crippen LogP contribution in [0.1, 0.15) is 0 Å². The van der Waals surface area contributed by atoms with E-state index < -0.39 is 0 Å². The Kier molecular flexibility index (Phi) is 4.47. The fourth-order valence-electron chi connectivity index (χ4n) is 1.63. The topological polar surface area (TPSA) is 63.3 Å². The van der Waals surface area contributed by atoms with Crippen LogP contribution in [-0.2, 0) is 0 Å². The Bertz CT molecular complexity index is 656. The molecular weight excluding hydrogens is 275 g/mol. The van der Waals surface area contributed by atoms with E-state index in [2.05, 4.69) is 15.5 Å². The second-order valence-corrected chi connectivity index (χ2v) is 3.41. The summed E-state index contributed by atoms with van der Waals surface area (Å²) in [5.74, 6) is 0.249. The van der Waals surface area contributed by atoms with Gasteiger partial charge in [0.05, 0.1) is 0 Å². The van der Waals surface area contributed by atoms with E-state index in [1.165, 1.54) is 0 Å². The van der Waals surface area contributed by atoms with Gasteiger partial charge in [-0.2, -0.15) is 0 Å². The lowest BCUT2D eigenvalue weighted by Crippen LogP contribution is -1.87. The van der Waals surface area contributed by atoms with E-state index in [0.29, 0.717) is 5.65 Å². The minimum atomic E-state index is 0. The first kappa shape index (κ1) is 14.2. The number of pyridine rings is 1. The van der Waals surface area contributed by atoms with Crippen molar-refractivity contribution in [2.45, 2.75) is 0 Å². The van der Waals surface area contributed by atoms with Gasteiger partial charge in [-0.25, -0.2) is 4.52 Å². The number of tetrazole rings is 1. The normalized spacial score (nSPS) is 9.56. The molecule has 1 aromatic carbocycles. The Morgan fingerprint density at radius 1 is 1.06 bits per heavy atom. The Balaban J connectivity index is 0.000000810. The molecule has 0 saturated heterocycles. The molecule has 5 nitrogen and oxygen atoms in total. The lowest BCUT2D eigenvalue weighted by atomic mass is 10.1. The van der Waals surface area contributed by atoms with Gasteiger partial charge in [-0.1, -0.05) is 18.2 Å². The summed E-state index contributed by atoms with van der Waals surface area (Å²) in [6.45, 7) is 0. The van der Waals surface area contributed by atoms with Gasteiger partial charge in [0.1, 0.15) is 5.75 Å². The van der Waals surface area contributed by atoms with E-state index in [1.807, 2.05) is 24.3 Å². The van der Waals surface area contributed by atoms with E-state index in [-0.39, 0.29) is 30.6 Å². The number of para-hydroxylation sites is 1. The van der Waals surface area contributed by atoms with Gasteiger partial charge in [0, 0.05) is 11.8 Å². The lowest BCUT2D eigenvalue weighted by molar-refractivity contribution is 0.477. The molecule has 94 valence electrons. The molecule has 3 rings (SSSR count). The highest BCUT2D eigenvalue weighted by molar-refractivity contribution is 5.85. The quantitative estimate of drug-likeness (QED) is 0.745. The van der Waals surface area contributed by atoms with Gasteiger partial charge in [-0.05, 0) is 34.2 Å². The molecule has 2 aromatic heterocycles. The van der Waals surface area contributed by atoms with Crippen LogP contribution >= 0.6 is 24.8 Å². The van der Waals surface area contributed by atoms with Gasteiger partial charge in [0.25, 0.3) is 0 Å². The number of hydrogen-bond acceptors (Lipinski definition) is 4. The third-order valence-corrected chi connectivity index (χ3v) is 2.41. The molecule has 0 radical (unpaired) electrons. The Morgan fingerprint density at radius 2 is 1.83 bits per heavy atom. The zero-order valence-corrected chi connectivity index (χ0v) is 10.7. The van der Waals surface area contributed by atoms with Crippen LogP contribution < -0.4 is 0 Å². The molecule has 0 aliphatic carbocycles. The maximum atomic E-state index is 9.73. The van der Waals surface area contributed by atoms with E-state index >= 15 is 0 Å². The molecule has 0 aliphatic rings. The van der Waals surface area contributed by atoms with Gasteiger partial charge in [-0.3, -0.25) is 0 Å². The Labute approximate surface area is 115 Å². The molecule has 0 unspecified atom stereocenters. The van der Waals surface area contributed by atoms with Crippen LogP contribution in [0.5, 0.6) is 5.75 Å². The average molecular weight is 285 g/mol. The van der Waals surface area contributed by atoms with E-state index in [4.69, 9.17) is 0 Å². The number of nitrogens with zero attached hydrogens (tertiary/aromatic N) is 4. The Hall–Kier alpha value is -1.85. The van der Waals surface area contributed by atoms with Crippen molar-refractivity contribution in [3.63, 3.8) is 0 Å². The lowest BCUT2D eigenvalue weighted by Gasteiger charge is -2.03. The number of hydrogen-bond donors (Lipinski definition) is 1. The van der Waals surface area contributed by atoms with Crippen LogP contribution in [-0.4, -0.2) is 25.1 Å². The minimum Gasteiger partial charge on any atom is -0.507 e. The van der Waals surface area contributed by atoms with E-state index in [0.717, 1.165) is 11.1 Å². The predicted octanol–water partition coefficient (Wildman–Crippen LogP) is 2.34. The zero-order chi connectivity index (χ0) is 11.0. The number of benzene rings is 1. The van der Waals surface area contributed by atoms with Crippen LogP contribution in [0.3, 0.4) is 0 Å². The number of aromatic nitrogens is 4. The Morgan fingerprint density at radius 3 is 2.61 bits per heavy atom. The van der Waals surface area contributed by atoms with Gasteiger partial charge >= 0.3 is 0 Å². The highest BCUT2D eigenvalue weighted by Gasteiger charge is 2.05. The highest BCUT2D eigenvalue weighted by Crippen LogP contribution is 2.28. The first-order valence-electron chi connectivity index (χ1n) is 4.81. The SMILES string of the molecule is Cl.Cl.Oc1ccccc1-c1ccn2nnnc2c1. The van der Waals surface area contributed by atoms with Crippen molar-refractivity contribution in [1.29, 1.82) is 0 Å². The number of halogens is 2. The molecule has 7 heteroatoms. The first-order valence-corrected chi connectivity index (χ1v) is 4.81. The van der Waals surface area contributed by atoms with Crippen molar-refractivity contribution in [2.75, 3.05) is 0 Å². The largest absolute Gasteiger partial charge is 0.507 e. The van der Waals surface area contributed by atoms with Gasteiger partial charge in [-0.15, -0.1) is 29.9 Å². The molecule has 0 aliphatic heterocycles. The molecule has 1 N–H and O–H groups in total. The highest BCUT2D eigenvalue weighted by atomic mass is 35.5. The third kappa shape index (κ3) is 2.37. The maximum absolute atomic E-state index is 9.73. The summed E-state index contributed by atoms with van der Waals surface area (Å²) < 4.78 is 1.57. The zero-order valence-electron chi connectivity index (χ0n) is 9.09. The summed E-state index contributed by atoms with van der Waals surface area (Å²) in [7, 11) is 0. The third-order valence-electron chi connectivity index (χ3n) is 2.41. The molecule has 0 saturated carbocycles. The van der Waals surface area contributed by atoms with Gasteiger partial charge in [0.2, 0.25) is 0 Å². The van der Waals surface area contributed by atoms with Crippen molar-refractivity contribution in [2.24, 2.45) is 0 Å². The van der Waals surface area contributed by atoms with Crippen molar-refractivity contribution < 1.29 is 5.11 Å². The molecule has 0 bridgehead atoms. The second kappa shape index (κ2) is 5.66. The molecule has 0 fully saturated rings. The maximum Gasteiger partial charge on any atom is 0.179 e. The van der Waals surface area contributed by atoms with Gasteiger partial charge < -0.3 is 5.11 Å². The summed E-state index contributed by atoms with van der Waals surface area (Å²) in [4.78, 5) is 0. The van der Waals surface area contributed by atoms with Crippen molar-refractivity contribution in [1.82, 2.24) is 20.0 Å². The summed E-state index contributed by atoms with van der Waals surface area (Å²) >= 11 is 0. The molecule has 2 heterocycles. The fraction of sp³-hybridized carbons (Fsp3) is 0. The van der Waals surface area contributed by atoms with Crippen LogP contribution in [0.25, 0.3) is 16.8 Å². The molecule has 0 amide bonds. The number of fused-ring (bicyclic) bond motifs is 1. The molecular formula is C11H10Cl2N4O. The van der Waals surface area contributed by atoms with Crippen molar-refractivity contribution in [3.05, 3.63) is 42.6 Å². The summed E-state index contributed by atoms with van der Waals surface area (Å²) in [6.07, 6.45) is 1.76. The smallest absolute Gasteiger partial charge is 0.179 e. The number of phenolic OH excluding ortho intramolecular Hbond substituents is 1. The first-order chi connectivity index (χ1) is 7.84. The molecule has 18 heavy (non-hydrogen) atoms.